The largest absolute Gasteiger partial charge is 0.369 e. The molecule has 0 aliphatic carbocycles. The number of aromatic nitrogens is 1. The van der Waals surface area contributed by atoms with Gasteiger partial charge in [-0.15, -0.1) is 0 Å². The number of aliphatic imine (C=N–C) groups is 1. The van der Waals surface area contributed by atoms with E-state index in [4.69, 9.17) is 11.6 Å². The minimum absolute atomic E-state index is 0.130. The van der Waals surface area contributed by atoms with Gasteiger partial charge in [-0.3, -0.25) is 4.79 Å². The molecule has 0 atom stereocenters. The molecule has 0 saturated carbocycles. The second-order valence-electron chi connectivity index (χ2n) is 4.02. The van der Waals surface area contributed by atoms with Crippen LogP contribution in [0.1, 0.15) is 15.2 Å². The first-order valence-electron chi connectivity index (χ1n) is 5.53. The molecule has 0 aliphatic heterocycles. The fraction of sp³-hybridized carbons (Fsp3) is 0.154. The van der Waals surface area contributed by atoms with E-state index in [1.54, 1.807) is 35.5 Å². The second-order valence-corrected chi connectivity index (χ2v) is 5.44. The van der Waals surface area contributed by atoms with Crippen LogP contribution >= 0.6 is 22.9 Å². The van der Waals surface area contributed by atoms with E-state index in [0.717, 1.165) is 0 Å². The maximum absolute atomic E-state index is 12.2. The minimum Gasteiger partial charge on any atom is -0.369 e. The molecular formula is C13H12ClN3OS. The Labute approximate surface area is 120 Å². The maximum atomic E-state index is 12.2. The van der Waals surface area contributed by atoms with Gasteiger partial charge in [0.1, 0.15) is 0 Å². The van der Waals surface area contributed by atoms with Crippen LogP contribution in [0.5, 0.6) is 0 Å². The summed E-state index contributed by atoms with van der Waals surface area (Å²) in [6, 6.07) is 6.97. The molecule has 0 saturated heterocycles. The van der Waals surface area contributed by atoms with Crippen LogP contribution in [-0.4, -0.2) is 36.1 Å². The first-order valence-corrected chi connectivity index (χ1v) is 6.73. The van der Waals surface area contributed by atoms with Crippen molar-refractivity contribution in [2.75, 3.05) is 14.1 Å². The molecule has 0 aliphatic rings. The van der Waals surface area contributed by atoms with Gasteiger partial charge in [-0.1, -0.05) is 35.1 Å². The van der Waals surface area contributed by atoms with Gasteiger partial charge < -0.3 is 4.90 Å². The molecule has 1 heterocycles. The molecule has 0 amide bonds. The molecule has 0 spiro atoms. The van der Waals surface area contributed by atoms with Gasteiger partial charge in [0.05, 0.1) is 22.4 Å². The number of benzene rings is 1. The molecule has 0 radical (unpaired) electrons. The number of hydrogen-bond donors (Lipinski definition) is 0. The summed E-state index contributed by atoms with van der Waals surface area (Å²) in [7, 11) is 3.74. The molecule has 0 unspecified atom stereocenters. The zero-order valence-corrected chi connectivity index (χ0v) is 12.1. The van der Waals surface area contributed by atoms with Crippen molar-refractivity contribution in [2.24, 2.45) is 4.99 Å². The summed E-state index contributed by atoms with van der Waals surface area (Å²) in [5.41, 5.74) is 0.482. The summed E-state index contributed by atoms with van der Waals surface area (Å²) in [6.45, 7) is 0. The number of halogens is 1. The third-order valence-electron chi connectivity index (χ3n) is 2.23. The van der Waals surface area contributed by atoms with Crippen molar-refractivity contribution in [3.63, 3.8) is 0 Å². The van der Waals surface area contributed by atoms with E-state index in [1.165, 1.54) is 17.5 Å². The lowest BCUT2D eigenvalue weighted by Gasteiger charge is -2.00. The monoisotopic (exact) mass is 293 g/mol. The number of hydrogen-bond acceptors (Lipinski definition) is 4. The van der Waals surface area contributed by atoms with E-state index in [0.29, 0.717) is 20.6 Å². The number of carbonyl (C=O) groups excluding carboxylic acids is 1. The molecule has 2 aromatic rings. The second kappa shape index (κ2) is 5.95. The van der Waals surface area contributed by atoms with Crippen LogP contribution in [0.2, 0.25) is 5.02 Å². The Kier molecular flexibility index (Phi) is 4.29. The predicted octanol–water partition coefficient (Wildman–Crippen LogP) is 3.25. The third kappa shape index (κ3) is 3.39. The SMILES string of the molecule is CN(C)/C=N/c1ncc(C(=O)c2ccccc2Cl)s1. The van der Waals surface area contributed by atoms with E-state index >= 15 is 0 Å². The van der Waals surface area contributed by atoms with Crippen LogP contribution in [0.3, 0.4) is 0 Å². The molecule has 4 nitrogen and oxygen atoms in total. The summed E-state index contributed by atoms with van der Waals surface area (Å²) in [5, 5.41) is 0.989. The zero-order chi connectivity index (χ0) is 13.8. The highest BCUT2D eigenvalue weighted by Crippen LogP contribution is 2.26. The van der Waals surface area contributed by atoms with Gasteiger partial charge in [-0.2, -0.15) is 0 Å². The lowest BCUT2D eigenvalue weighted by Crippen LogP contribution is -2.06. The normalized spacial score (nSPS) is 10.9. The predicted molar refractivity (Wildman–Crippen MR) is 78.8 cm³/mol. The molecule has 98 valence electrons. The maximum Gasteiger partial charge on any atom is 0.211 e. The lowest BCUT2D eigenvalue weighted by molar-refractivity contribution is 0.104. The molecule has 0 N–H and O–H groups in total. The van der Waals surface area contributed by atoms with Gasteiger partial charge in [0.2, 0.25) is 10.9 Å². The molecule has 0 bridgehead atoms. The van der Waals surface area contributed by atoms with Gasteiger partial charge in [-0.05, 0) is 12.1 Å². The Hall–Kier alpha value is -1.72. The van der Waals surface area contributed by atoms with E-state index < -0.39 is 0 Å². The average molecular weight is 294 g/mol. The first kappa shape index (κ1) is 13.7. The molecule has 0 fully saturated rings. The fourth-order valence-corrected chi connectivity index (χ4v) is 2.30. The highest BCUT2D eigenvalue weighted by Gasteiger charge is 2.15. The van der Waals surface area contributed by atoms with E-state index in [1.807, 2.05) is 14.1 Å². The Morgan fingerprint density at radius 3 is 2.84 bits per heavy atom. The number of thiazole rings is 1. The van der Waals surface area contributed by atoms with Crippen LogP contribution in [0.25, 0.3) is 0 Å². The van der Waals surface area contributed by atoms with Crippen LogP contribution in [-0.2, 0) is 0 Å². The molecule has 6 heteroatoms. The van der Waals surface area contributed by atoms with Crippen molar-refractivity contribution in [3.8, 4) is 0 Å². The fourth-order valence-electron chi connectivity index (χ4n) is 1.37. The summed E-state index contributed by atoms with van der Waals surface area (Å²) in [6.07, 6.45) is 3.17. The quantitative estimate of drug-likeness (QED) is 0.494. The van der Waals surface area contributed by atoms with Crippen molar-refractivity contribution in [2.45, 2.75) is 0 Å². The topological polar surface area (TPSA) is 45.6 Å². The van der Waals surface area contributed by atoms with Crippen LogP contribution in [0, 0.1) is 0 Å². The Balaban J connectivity index is 2.24. The number of rotatable bonds is 4. The van der Waals surface area contributed by atoms with E-state index in [2.05, 4.69) is 9.98 Å². The lowest BCUT2D eigenvalue weighted by atomic mass is 10.1. The molecule has 1 aromatic carbocycles. The Bertz CT molecular complexity index is 622. The standard InChI is InChI=1S/C13H12ClN3OS/c1-17(2)8-16-13-15-7-11(19-13)12(18)9-5-3-4-6-10(9)14/h3-8H,1-2H3/b16-8+. The van der Waals surface area contributed by atoms with Crippen LogP contribution < -0.4 is 0 Å². The first-order chi connectivity index (χ1) is 9.08. The van der Waals surface area contributed by atoms with E-state index in [-0.39, 0.29) is 5.78 Å². The highest BCUT2D eigenvalue weighted by molar-refractivity contribution is 7.17. The summed E-state index contributed by atoms with van der Waals surface area (Å²) in [4.78, 5) is 22.8. The smallest absolute Gasteiger partial charge is 0.211 e. The number of nitrogens with zero attached hydrogens (tertiary/aromatic N) is 3. The van der Waals surface area contributed by atoms with Gasteiger partial charge >= 0.3 is 0 Å². The number of ketones is 1. The van der Waals surface area contributed by atoms with E-state index in [9.17, 15) is 4.79 Å². The molecule has 2 rings (SSSR count). The zero-order valence-electron chi connectivity index (χ0n) is 10.5. The van der Waals surface area contributed by atoms with Crippen molar-refractivity contribution in [3.05, 3.63) is 45.9 Å². The van der Waals surface area contributed by atoms with Gasteiger partial charge in [0.15, 0.2) is 0 Å². The Morgan fingerprint density at radius 1 is 1.42 bits per heavy atom. The third-order valence-corrected chi connectivity index (χ3v) is 3.47. The molecule has 1 aromatic heterocycles. The highest BCUT2D eigenvalue weighted by atomic mass is 35.5. The Morgan fingerprint density at radius 2 is 2.16 bits per heavy atom. The number of carbonyl (C=O) groups is 1. The molecular weight excluding hydrogens is 282 g/mol. The summed E-state index contributed by atoms with van der Waals surface area (Å²) < 4.78 is 0. The average Bonchev–Trinajstić information content (AvgIpc) is 2.85. The van der Waals surface area contributed by atoms with Crippen molar-refractivity contribution in [1.82, 2.24) is 9.88 Å². The van der Waals surface area contributed by atoms with Gasteiger partial charge in [-0.25, -0.2) is 9.98 Å². The van der Waals surface area contributed by atoms with Crippen molar-refractivity contribution >= 4 is 40.2 Å². The van der Waals surface area contributed by atoms with Crippen molar-refractivity contribution in [1.29, 1.82) is 0 Å². The van der Waals surface area contributed by atoms with Crippen LogP contribution in [0.15, 0.2) is 35.5 Å². The summed E-state index contributed by atoms with van der Waals surface area (Å²) in [5.74, 6) is -0.130. The minimum atomic E-state index is -0.130. The van der Waals surface area contributed by atoms with Gasteiger partial charge in [0.25, 0.3) is 0 Å². The van der Waals surface area contributed by atoms with Crippen LogP contribution in [0.4, 0.5) is 5.13 Å². The molecule has 19 heavy (non-hydrogen) atoms. The summed E-state index contributed by atoms with van der Waals surface area (Å²) >= 11 is 7.25. The van der Waals surface area contributed by atoms with Crippen molar-refractivity contribution < 1.29 is 4.79 Å². The van der Waals surface area contributed by atoms with Gasteiger partial charge in [0, 0.05) is 19.7 Å².